The lowest BCUT2D eigenvalue weighted by Crippen LogP contribution is -2.53. The zero-order valence-electron chi connectivity index (χ0n) is 16.4. The highest BCUT2D eigenvalue weighted by atomic mass is 32.2. The van der Waals surface area contributed by atoms with Crippen LogP contribution in [0.15, 0.2) is 23.1 Å². The van der Waals surface area contributed by atoms with E-state index in [4.69, 9.17) is 0 Å². The van der Waals surface area contributed by atoms with Gasteiger partial charge in [-0.3, -0.25) is 9.59 Å². The van der Waals surface area contributed by atoms with Crippen molar-refractivity contribution >= 4 is 21.9 Å². The van der Waals surface area contributed by atoms with Gasteiger partial charge in [-0.2, -0.15) is 4.31 Å². The molecule has 7 nitrogen and oxygen atoms in total. The number of aryl methyl sites for hydroxylation is 2. The molecule has 1 aromatic carbocycles. The van der Waals surface area contributed by atoms with Crippen LogP contribution in [0, 0.1) is 25.7 Å². The van der Waals surface area contributed by atoms with Gasteiger partial charge in [0, 0.05) is 26.2 Å². The summed E-state index contributed by atoms with van der Waals surface area (Å²) in [6.07, 6.45) is 2.83. The highest BCUT2D eigenvalue weighted by molar-refractivity contribution is 7.89. The third-order valence-corrected chi connectivity index (χ3v) is 7.95. The first-order chi connectivity index (χ1) is 13.2. The number of carboxylic acid groups (broad SMARTS) is 1. The fraction of sp³-hybridized carbons (Fsp3) is 0.600. The van der Waals surface area contributed by atoms with Gasteiger partial charge in [-0.05, 0) is 43.9 Å². The highest BCUT2D eigenvalue weighted by Crippen LogP contribution is 2.32. The van der Waals surface area contributed by atoms with Gasteiger partial charge in [0.05, 0.1) is 16.7 Å². The molecule has 28 heavy (non-hydrogen) atoms. The predicted octanol–water partition coefficient (Wildman–Crippen LogP) is 2.03. The number of amides is 1. The van der Waals surface area contributed by atoms with Gasteiger partial charge in [-0.1, -0.05) is 25.0 Å². The predicted molar refractivity (Wildman–Crippen MR) is 104 cm³/mol. The van der Waals surface area contributed by atoms with Crippen molar-refractivity contribution in [3.05, 3.63) is 29.3 Å². The molecule has 3 rings (SSSR count). The fourth-order valence-corrected chi connectivity index (χ4v) is 5.96. The van der Waals surface area contributed by atoms with E-state index in [1.807, 2.05) is 13.0 Å². The molecule has 0 radical (unpaired) electrons. The van der Waals surface area contributed by atoms with Crippen molar-refractivity contribution in [1.82, 2.24) is 9.21 Å². The first-order valence-electron chi connectivity index (χ1n) is 9.81. The summed E-state index contributed by atoms with van der Waals surface area (Å²) in [5, 5.41) is 9.42. The number of carbonyl (C=O) groups is 2. The second-order valence-electron chi connectivity index (χ2n) is 7.83. The van der Waals surface area contributed by atoms with Crippen molar-refractivity contribution in [2.24, 2.45) is 11.8 Å². The molecular formula is C20H28N2O5S. The Balaban J connectivity index is 1.69. The summed E-state index contributed by atoms with van der Waals surface area (Å²) in [6.45, 7) is 4.69. The first kappa shape index (κ1) is 20.8. The van der Waals surface area contributed by atoms with Crippen LogP contribution in [0.4, 0.5) is 0 Å². The second kappa shape index (κ2) is 8.21. The quantitative estimate of drug-likeness (QED) is 0.823. The maximum absolute atomic E-state index is 13.0. The number of nitrogens with zero attached hydrogens (tertiary/aromatic N) is 2. The number of aliphatic carboxylic acids is 1. The Morgan fingerprint density at radius 3 is 2.21 bits per heavy atom. The number of sulfonamides is 1. The maximum atomic E-state index is 13.0. The van der Waals surface area contributed by atoms with Crippen LogP contribution < -0.4 is 0 Å². The Morgan fingerprint density at radius 2 is 1.61 bits per heavy atom. The summed E-state index contributed by atoms with van der Waals surface area (Å²) in [4.78, 5) is 26.3. The number of benzene rings is 1. The molecule has 1 heterocycles. The average Bonchev–Trinajstić information content (AvgIpc) is 2.69. The lowest BCUT2D eigenvalue weighted by atomic mass is 9.78. The lowest BCUT2D eigenvalue weighted by molar-refractivity contribution is -0.152. The number of rotatable bonds is 4. The Bertz CT molecular complexity index is 859. The van der Waals surface area contributed by atoms with Gasteiger partial charge >= 0.3 is 5.97 Å². The summed E-state index contributed by atoms with van der Waals surface area (Å²) in [5.74, 6) is -2.17. The average molecular weight is 409 g/mol. The summed E-state index contributed by atoms with van der Waals surface area (Å²) >= 11 is 0. The van der Waals surface area contributed by atoms with E-state index >= 15 is 0 Å². The molecule has 1 saturated carbocycles. The zero-order chi connectivity index (χ0) is 20.5. The van der Waals surface area contributed by atoms with Crippen molar-refractivity contribution in [2.75, 3.05) is 26.2 Å². The molecule has 1 saturated heterocycles. The molecule has 1 amide bonds. The Kier molecular flexibility index (Phi) is 6.09. The van der Waals surface area contributed by atoms with Crippen LogP contribution in [0.1, 0.15) is 36.8 Å². The third kappa shape index (κ3) is 4.07. The molecule has 8 heteroatoms. The van der Waals surface area contributed by atoms with Crippen molar-refractivity contribution in [3.8, 4) is 0 Å². The summed E-state index contributed by atoms with van der Waals surface area (Å²) in [6, 6.07) is 5.37. The van der Waals surface area contributed by atoms with Crippen LogP contribution in [0.5, 0.6) is 0 Å². The standard InChI is InChI=1S/C20H28N2O5S/c1-14-7-8-15(2)18(13-14)28(26,27)22-11-9-21(10-12-22)19(23)16-5-3-4-6-17(16)20(24)25/h7-8,13,16-17H,3-6,9-12H2,1-2H3,(H,24,25). The molecule has 0 aromatic heterocycles. The van der Waals surface area contributed by atoms with Gasteiger partial charge in [0.15, 0.2) is 0 Å². The van der Waals surface area contributed by atoms with E-state index in [1.165, 1.54) is 4.31 Å². The van der Waals surface area contributed by atoms with Gasteiger partial charge in [0.2, 0.25) is 15.9 Å². The third-order valence-electron chi connectivity index (χ3n) is 5.91. The van der Waals surface area contributed by atoms with Crippen LogP contribution in [0.25, 0.3) is 0 Å². The van der Waals surface area contributed by atoms with Gasteiger partial charge in [0.25, 0.3) is 0 Å². The van der Waals surface area contributed by atoms with E-state index in [-0.39, 0.29) is 19.0 Å². The van der Waals surface area contributed by atoms with Crippen molar-refractivity contribution < 1.29 is 23.1 Å². The molecular weight excluding hydrogens is 380 g/mol. The number of hydrogen-bond acceptors (Lipinski definition) is 4. The molecule has 154 valence electrons. The molecule has 2 atom stereocenters. The summed E-state index contributed by atoms with van der Waals surface area (Å²) in [5.41, 5.74) is 1.59. The van der Waals surface area contributed by atoms with E-state index < -0.39 is 27.8 Å². The molecule has 2 aliphatic rings. The van der Waals surface area contributed by atoms with Crippen molar-refractivity contribution in [1.29, 1.82) is 0 Å². The van der Waals surface area contributed by atoms with Crippen molar-refractivity contribution in [2.45, 2.75) is 44.4 Å². The number of carboxylic acids is 1. The number of hydrogen-bond donors (Lipinski definition) is 1. The Morgan fingerprint density at radius 1 is 1.00 bits per heavy atom. The van der Waals surface area contributed by atoms with Crippen molar-refractivity contribution in [3.63, 3.8) is 0 Å². The number of carbonyl (C=O) groups excluding carboxylic acids is 1. The van der Waals surface area contributed by atoms with E-state index in [0.717, 1.165) is 18.4 Å². The normalized spacial score (nSPS) is 24.1. The van der Waals surface area contributed by atoms with Gasteiger partial charge in [-0.25, -0.2) is 8.42 Å². The minimum Gasteiger partial charge on any atom is -0.481 e. The monoisotopic (exact) mass is 408 g/mol. The van der Waals surface area contributed by atoms with Crippen LogP contribution in [0.2, 0.25) is 0 Å². The fourth-order valence-electron chi connectivity index (χ4n) is 4.23. The van der Waals surface area contributed by atoms with Crippen LogP contribution in [-0.2, 0) is 19.6 Å². The van der Waals surface area contributed by atoms with Gasteiger partial charge in [0.1, 0.15) is 0 Å². The number of piperazine rings is 1. The molecule has 1 N–H and O–H groups in total. The highest BCUT2D eigenvalue weighted by Gasteiger charge is 2.39. The van der Waals surface area contributed by atoms with Crippen LogP contribution in [-0.4, -0.2) is 60.8 Å². The molecule has 1 aliphatic heterocycles. The minimum atomic E-state index is -3.61. The SMILES string of the molecule is Cc1ccc(C)c(S(=O)(=O)N2CCN(C(=O)C3CCCCC3C(=O)O)CC2)c1. The first-order valence-corrected chi connectivity index (χ1v) is 11.2. The zero-order valence-corrected chi connectivity index (χ0v) is 17.2. The minimum absolute atomic E-state index is 0.143. The van der Waals surface area contributed by atoms with E-state index in [0.29, 0.717) is 36.4 Å². The van der Waals surface area contributed by atoms with Crippen LogP contribution >= 0.6 is 0 Å². The van der Waals surface area contributed by atoms with Gasteiger partial charge in [-0.15, -0.1) is 0 Å². The summed E-state index contributed by atoms with van der Waals surface area (Å²) in [7, 11) is -3.61. The summed E-state index contributed by atoms with van der Waals surface area (Å²) < 4.78 is 27.5. The molecule has 2 fully saturated rings. The molecule has 2 unspecified atom stereocenters. The van der Waals surface area contributed by atoms with Gasteiger partial charge < -0.3 is 10.0 Å². The molecule has 0 spiro atoms. The van der Waals surface area contributed by atoms with E-state index in [2.05, 4.69) is 0 Å². The van der Waals surface area contributed by atoms with E-state index in [1.54, 1.807) is 24.0 Å². The largest absolute Gasteiger partial charge is 0.481 e. The lowest BCUT2D eigenvalue weighted by Gasteiger charge is -2.38. The second-order valence-corrected chi connectivity index (χ2v) is 9.74. The maximum Gasteiger partial charge on any atom is 0.307 e. The van der Waals surface area contributed by atoms with Crippen LogP contribution in [0.3, 0.4) is 0 Å². The molecule has 1 aliphatic carbocycles. The Hall–Kier alpha value is -1.93. The topological polar surface area (TPSA) is 95.0 Å². The Labute approximate surface area is 166 Å². The smallest absolute Gasteiger partial charge is 0.307 e. The molecule has 1 aromatic rings. The van der Waals surface area contributed by atoms with E-state index in [9.17, 15) is 23.1 Å². The molecule has 0 bridgehead atoms.